The van der Waals surface area contributed by atoms with Crippen molar-refractivity contribution in [1.82, 2.24) is 0 Å². The second-order valence-electron chi connectivity index (χ2n) is 0.894. The van der Waals surface area contributed by atoms with Crippen LogP contribution in [0.3, 0.4) is 0 Å². The first kappa shape index (κ1) is 15.7. The van der Waals surface area contributed by atoms with Crippen LogP contribution >= 0.6 is 0 Å². The van der Waals surface area contributed by atoms with Crippen molar-refractivity contribution in [2.24, 2.45) is 0 Å². The van der Waals surface area contributed by atoms with Crippen molar-refractivity contribution in [3.8, 4) is 0 Å². The van der Waals surface area contributed by atoms with Crippen LogP contribution in [0.1, 0.15) is 0 Å². The molecule has 3 heteroatoms. The number of nitrogens with zero attached hydrogens (tertiary/aromatic N) is 2. The minimum atomic E-state index is 0. The molecule has 0 bridgehead atoms. The smallest absolute Gasteiger partial charge is 0.668 e. The van der Waals surface area contributed by atoms with Gasteiger partial charge in [0.15, 0.2) is 0 Å². The van der Waals surface area contributed by atoms with Crippen LogP contribution in [0.4, 0.5) is 0 Å². The summed E-state index contributed by atoms with van der Waals surface area (Å²) < 4.78 is 0. The van der Waals surface area contributed by atoms with E-state index in [9.17, 15) is 0 Å². The van der Waals surface area contributed by atoms with Crippen LogP contribution in [0.25, 0.3) is 10.6 Å². The molecule has 0 radical (unpaired) electrons. The molecular formula is C4H12CaN2. The summed E-state index contributed by atoms with van der Waals surface area (Å²) in [5, 5.41) is 7.00. The topological polar surface area (TPSA) is 28.2 Å². The van der Waals surface area contributed by atoms with E-state index in [0.717, 1.165) is 0 Å². The quantitative estimate of drug-likeness (QED) is 0.433. The fourth-order valence-electron chi connectivity index (χ4n) is 0. The van der Waals surface area contributed by atoms with E-state index in [2.05, 4.69) is 10.6 Å². The molecular weight excluding hydrogens is 116 g/mol. The fraction of sp³-hybridized carbons (Fsp3) is 1.00. The normalized spacial score (nSPS) is 5.14. The zero-order chi connectivity index (χ0) is 5.41. The molecule has 0 aromatic rings. The summed E-state index contributed by atoms with van der Waals surface area (Å²) in [6.07, 6.45) is 0. The summed E-state index contributed by atoms with van der Waals surface area (Å²) in [7, 11) is 7.00. The Morgan fingerprint density at radius 1 is 0.714 bits per heavy atom. The Hall–Kier alpha value is 1.18. The van der Waals surface area contributed by atoms with Crippen molar-refractivity contribution in [1.29, 1.82) is 0 Å². The standard InChI is InChI=1S/2C2H6N.Ca/c2*1-3-2;/h2*1-2H3;/q2*-1;+2. The van der Waals surface area contributed by atoms with Gasteiger partial charge in [-0.05, 0) is 0 Å². The van der Waals surface area contributed by atoms with Crippen LogP contribution in [0.15, 0.2) is 0 Å². The molecule has 0 unspecified atom stereocenters. The van der Waals surface area contributed by atoms with Crippen LogP contribution in [0.2, 0.25) is 0 Å². The Bertz CT molecular complexity index is 11.7. The van der Waals surface area contributed by atoms with Crippen LogP contribution in [-0.4, -0.2) is 65.9 Å². The second kappa shape index (κ2) is 27.1. The van der Waals surface area contributed by atoms with Crippen molar-refractivity contribution in [3.63, 3.8) is 0 Å². The summed E-state index contributed by atoms with van der Waals surface area (Å²) in [6, 6.07) is 0. The molecule has 0 atom stereocenters. The summed E-state index contributed by atoms with van der Waals surface area (Å²) in [6.45, 7) is 0. The van der Waals surface area contributed by atoms with E-state index in [1.165, 1.54) is 0 Å². The van der Waals surface area contributed by atoms with Crippen molar-refractivity contribution in [3.05, 3.63) is 10.6 Å². The monoisotopic (exact) mass is 128 g/mol. The first-order chi connectivity index (χ1) is 2.83. The molecule has 0 spiro atoms. The second-order valence-corrected chi connectivity index (χ2v) is 0.894. The summed E-state index contributed by atoms with van der Waals surface area (Å²) in [4.78, 5) is 0. The third-order valence-electron chi connectivity index (χ3n) is 0. The molecule has 0 N–H and O–H groups in total. The molecule has 0 saturated carbocycles. The van der Waals surface area contributed by atoms with Gasteiger partial charge in [-0.1, -0.05) is 0 Å². The Labute approximate surface area is 76.1 Å². The van der Waals surface area contributed by atoms with E-state index in [1.54, 1.807) is 28.2 Å². The number of rotatable bonds is 0. The average molecular weight is 128 g/mol. The Kier molecular flexibility index (Phi) is 60.9. The van der Waals surface area contributed by atoms with Gasteiger partial charge in [0.2, 0.25) is 0 Å². The average Bonchev–Trinajstić information content (AvgIpc) is 1.39. The summed E-state index contributed by atoms with van der Waals surface area (Å²) in [5.41, 5.74) is 0. The Balaban J connectivity index is -0.0000000400. The maximum Gasteiger partial charge on any atom is 2.00 e. The van der Waals surface area contributed by atoms with Gasteiger partial charge in [0, 0.05) is 0 Å². The zero-order valence-corrected chi connectivity index (χ0v) is 7.81. The Morgan fingerprint density at radius 3 is 0.714 bits per heavy atom. The number of hydrogen-bond acceptors (Lipinski definition) is 0. The largest absolute Gasteiger partial charge is 2.00 e. The molecule has 0 aliphatic rings. The first-order valence-electron chi connectivity index (χ1n) is 1.79. The molecule has 0 saturated heterocycles. The third kappa shape index (κ3) is 138. The predicted octanol–water partition coefficient (Wildman–Crippen LogP) is 0.859. The molecule has 2 nitrogen and oxygen atoms in total. The molecule has 0 aliphatic heterocycles. The molecule has 40 valence electrons. The van der Waals surface area contributed by atoms with Gasteiger partial charge in [0.05, 0.1) is 0 Å². The molecule has 0 heterocycles. The van der Waals surface area contributed by atoms with Crippen LogP contribution in [0, 0.1) is 0 Å². The molecule has 0 amide bonds. The van der Waals surface area contributed by atoms with Crippen molar-refractivity contribution >= 4 is 37.7 Å². The van der Waals surface area contributed by atoms with Crippen molar-refractivity contribution < 1.29 is 0 Å². The third-order valence-corrected chi connectivity index (χ3v) is 0. The van der Waals surface area contributed by atoms with E-state index in [1.807, 2.05) is 0 Å². The van der Waals surface area contributed by atoms with Crippen LogP contribution in [0.5, 0.6) is 0 Å². The van der Waals surface area contributed by atoms with Gasteiger partial charge >= 0.3 is 37.7 Å². The van der Waals surface area contributed by atoms with Gasteiger partial charge < -0.3 is 10.6 Å². The molecule has 0 fully saturated rings. The molecule has 0 aromatic heterocycles. The molecule has 0 rings (SSSR count). The van der Waals surface area contributed by atoms with Crippen molar-refractivity contribution in [2.45, 2.75) is 0 Å². The van der Waals surface area contributed by atoms with Crippen LogP contribution in [-0.2, 0) is 0 Å². The first-order valence-corrected chi connectivity index (χ1v) is 1.79. The van der Waals surface area contributed by atoms with E-state index in [4.69, 9.17) is 0 Å². The summed E-state index contributed by atoms with van der Waals surface area (Å²) in [5.74, 6) is 0. The minimum Gasteiger partial charge on any atom is -0.668 e. The minimum absolute atomic E-state index is 0. The van der Waals surface area contributed by atoms with E-state index >= 15 is 0 Å². The van der Waals surface area contributed by atoms with Gasteiger partial charge in [0.1, 0.15) is 0 Å². The molecule has 0 aliphatic carbocycles. The van der Waals surface area contributed by atoms with Gasteiger partial charge in [-0.25, -0.2) is 0 Å². The van der Waals surface area contributed by atoms with Gasteiger partial charge in [-0.2, -0.15) is 28.2 Å². The van der Waals surface area contributed by atoms with E-state index in [0.29, 0.717) is 0 Å². The van der Waals surface area contributed by atoms with E-state index < -0.39 is 0 Å². The fourth-order valence-corrected chi connectivity index (χ4v) is 0. The zero-order valence-electron chi connectivity index (χ0n) is 5.60. The predicted molar refractivity (Wildman–Crippen MR) is 36.2 cm³/mol. The SMILES string of the molecule is C[N-]C.C[N-]C.[Ca+2]. The Morgan fingerprint density at radius 2 is 0.714 bits per heavy atom. The maximum atomic E-state index is 3.50. The summed E-state index contributed by atoms with van der Waals surface area (Å²) >= 11 is 0. The molecule has 7 heavy (non-hydrogen) atoms. The van der Waals surface area contributed by atoms with Crippen LogP contribution < -0.4 is 0 Å². The maximum absolute atomic E-state index is 3.50. The van der Waals surface area contributed by atoms with Crippen molar-refractivity contribution in [2.75, 3.05) is 28.2 Å². The molecule has 0 aromatic carbocycles. The van der Waals surface area contributed by atoms with Gasteiger partial charge in [0.25, 0.3) is 0 Å². The van der Waals surface area contributed by atoms with Gasteiger partial charge in [-0.15, -0.1) is 0 Å². The van der Waals surface area contributed by atoms with E-state index in [-0.39, 0.29) is 37.7 Å². The number of hydrogen-bond donors (Lipinski definition) is 0. The van der Waals surface area contributed by atoms with Gasteiger partial charge in [-0.3, -0.25) is 0 Å².